The fourth-order valence-corrected chi connectivity index (χ4v) is 11.6. The van der Waals surface area contributed by atoms with Gasteiger partial charge in [-0.2, -0.15) is 0 Å². The Morgan fingerprint density at radius 3 is 0.910 bits per heavy atom. The summed E-state index contributed by atoms with van der Waals surface area (Å²) in [4.78, 5) is 24.5. The minimum Gasteiger partial charge on any atom is -0.466 e. The second-order valence-corrected chi connectivity index (χ2v) is 24.9. The highest BCUT2D eigenvalue weighted by Gasteiger charge is 2.20. The van der Waals surface area contributed by atoms with Gasteiger partial charge in [-0.25, -0.2) is 0 Å². The van der Waals surface area contributed by atoms with Gasteiger partial charge in [-0.05, 0) is 51.4 Å². The molecule has 6 heteroatoms. The van der Waals surface area contributed by atoms with Crippen LogP contribution in [0.4, 0.5) is 0 Å². The number of carbonyl (C=O) groups is 2. The van der Waals surface area contributed by atoms with Gasteiger partial charge in [-0.3, -0.25) is 9.59 Å². The maximum atomic E-state index is 12.4. The van der Waals surface area contributed by atoms with E-state index in [0.717, 1.165) is 38.5 Å². The standard InChI is InChI=1S/C72H141NO5/c1-3-5-7-9-11-13-15-16-17-40-43-46-50-54-58-62-66-72(77)78-67-63-59-55-51-47-44-41-38-36-34-32-30-28-26-24-22-20-18-19-21-23-25-27-29-31-33-35-37-39-42-45-49-53-57-61-65-71(76)73-69(68-74)70(75)64-60-56-52-48-14-12-10-8-6-4-2/h20,22,69-70,74-75H,3-19,21,23-68H2,1-2H3,(H,73,76)/b22-20-. The van der Waals surface area contributed by atoms with E-state index >= 15 is 0 Å². The molecule has 2 unspecified atom stereocenters. The predicted molar refractivity (Wildman–Crippen MR) is 343 cm³/mol. The van der Waals surface area contributed by atoms with E-state index in [4.69, 9.17) is 4.74 Å². The summed E-state index contributed by atoms with van der Waals surface area (Å²) in [5, 5.41) is 23.2. The molecular formula is C72H141NO5. The molecule has 0 aliphatic carbocycles. The van der Waals surface area contributed by atoms with Crippen molar-refractivity contribution in [1.29, 1.82) is 0 Å². The Bertz CT molecular complexity index is 1180. The van der Waals surface area contributed by atoms with Gasteiger partial charge in [-0.1, -0.05) is 360 Å². The third-order valence-electron chi connectivity index (χ3n) is 17.1. The summed E-state index contributed by atoms with van der Waals surface area (Å²) in [5.41, 5.74) is 0. The second-order valence-electron chi connectivity index (χ2n) is 24.9. The summed E-state index contributed by atoms with van der Waals surface area (Å²) in [6.07, 6.45) is 84.3. The molecule has 0 spiro atoms. The van der Waals surface area contributed by atoms with Gasteiger partial charge in [0.25, 0.3) is 0 Å². The highest BCUT2D eigenvalue weighted by atomic mass is 16.5. The highest BCUT2D eigenvalue weighted by molar-refractivity contribution is 5.76. The molecule has 0 aromatic rings. The Morgan fingerprint density at radius 2 is 0.603 bits per heavy atom. The zero-order valence-corrected chi connectivity index (χ0v) is 53.2. The summed E-state index contributed by atoms with van der Waals surface area (Å²) in [6, 6.07) is -0.536. The van der Waals surface area contributed by atoms with Gasteiger partial charge in [0.1, 0.15) is 0 Å². The lowest BCUT2D eigenvalue weighted by molar-refractivity contribution is -0.143. The maximum absolute atomic E-state index is 12.4. The smallest absolute Gasteiger partial charge is 0.305 e. The number of amides is 1. The maximum Gasteiger partial charge on any atom is 0.305 e. The second kappa shape index (κ2) is 68.1. The molecule has 78 heavy (non-hydrogen) atoms. The van der Waals surface area contributed by atoms with Crippen LogP contribution in [0.25, 0.3) is 0 Å². The van der Waals surface area contributed by atoms with Gasteiger partial charge in [0.05, 0.1) is 25.4 Å². The number of esters is 1. The number of hydrogen-bond acceptors (Lipinski definition) is 5. The van der Waals surface area contributed by atoms with Crippen molar-refractivity contribution in [2.75, 3.05) is 13.2 Å². The van der Waals surface area contributed by atoms with Crippen molar-refractivity contribution in [3.8, 4) is 0 Å². The molecule has 6 nitrogen and oxygen atoms in total. The lowest BCUT2D eigenvalue weighted by Crippen LogP contribution is -2.45. The normalized spacial score (nSPS) is 12.5. The first kappa shape index (κ1) is 76.6. The molecule has 464 valence electrons. The van der Waals surface area contributed by atoms with E-state index in [1.807, 2.05) is 0 Å². The van der Waals surface area contributed by atoms with Crippen LogP contribution < -0.4 is 5.32 Å². The molecule has 2 atom stereocenters. The molecule has 0 saturated heterocycles. The quantitative estimate of drug-likeness (QED) is 0.0320. The van der Waals surface area contributed by atoms with Gasteiger partial charge >= 0.3 is 5.97 Å². The van der Waals surface area contributed by atoms with Crippen LogP contribution in [0.3, 0.4) is 0 Å². The van der Waals surface area contributed by atoms with Crippen molar-refractivity contribution in [2.24, 2.45) is 0 Å². The molecule has 0 fully saturated rings. The number of rotatable bonds is 68. The Hall–Kier alpha value is -1.40. The molecule has 0 aromatic heterocycles. The van der Waals surface area contributed by atoms with Crippen LogP contribution in [0.15, 0.2) is 12.2 Å². The average Bonchev–Trinajstić information content (AvgIpc) is 3.44. The molecule has 0 radical (unpaired) electrons. The topological polar surface area (TPSA) is 95.9 Å². The molecular weight excluding hydrogens is 959 g/mol. The molecule has 1 amide bonds. The fourth-order valence-electron chi connectivity index (χ4n) is 11.6. The van der Waals surface area contributed by atoms with E-state index in [9.17, 15) is 19.8 Å². The van der Waals surface area contributed by atoms with Crippen molar-refractivity contribution in [2.45, 2.75) is 424 Å². The van der Waals surface area contributed by atoms with Crippen LogP contribution in [0.2, 0.25) is 0 Å². The summed E-state index contributed by atoms with van der Waals surface area (Å²) < 4.78 is 5.51. The predicted octanol–water partition coefficient (Wildman–Crippen LogP) is 23.1. The Morgan fingerprint density at radius 1 is 0.346 bits per heavy atom. The van der Waals surface area contributed by atoms with Gasteiger partial charge < -0.3 is 20.3 Å². The van der Waals surface area contributed by atoms with Crippen LogP contribution in [-0.4, -0.2) is 47.4 Å². The molecule has 0 bridgehead atoms. The summed E-state index contributed by atoms with van der Waals surface area (Å²) in [6.45, 7) is 4.98. The van der Waals surface area contributed by atoms with Crippen molar-refractivity contribution >= 4 is 11.9 Å². The minimum absolute atomic E-state index is 0.0245. The Balaban J connectivity index is 3.29. The van der Waals surface area contributed by atoms with Crippen molar-refractivity contribution in [1.82, 2.24) is 5.32 Å². The van der Waals surface area contributed by atoms with Crippen molar-refractivity contribution in [3.63, 3.8) is 0 Å². The van der Waals surface area contributed by atoms with Crippen molar-refractivity contribution < 1.29 is 24.5 Å². The summed E-state index contributed by atoms with van der Waals surface area (Å²) in [7, 11) is 0. The lowest BCUT2D eigenvalue weighted by atomic mass is 10.0. The summed E-state index contributed by atoms with van der Waals surface area (Å²) in [5.74, 6) is -0.00631. The van der Waals surface area contributed by atoms with Crippen LogP contribution in [0, 0.1) is 0 Å². The number of nitrogens with one attached hydrogen (secondary N) is 1. The van der Waals surface area contributed by atoms with E-state index in [0.29, 0.717) is 25.9 Å². The van der Waals surface area contributed by atoms with E-state index in [1.54, 1.807) is 0 Å². The first-order chi connectivity index (χ1) is 38.5. The first-order valence-electron chi connectivity index (χ1n) is 35.9. The molecule has 0 heterocycles. The van der Waals surface area contributed by atoms with Gasteiger partial charge in [0, 0.05) is 12.8 Å². The average molecular weight is 1100 g/mol. The third-order valence-corrected chi connectivity index (χ3v) is 17.1. The molecule has 0 aliphatic heterocycles. The first-order valence-corrected chi connectivity index (χ1v) is 35.9. The number of aliphatic hydroxyl groups is 2. The minimum atomic E-state index is -0.659. The fraction of sp³-hybridized carbons (Fsp3) is 0.944. The van der Waals surface area contributed by atoms with Crippen LogP contribution >= 0.6 is 0 Å². The van der Waals surface area contributed by atoms with E-state index in [1.165, 1.54) is 340 Å². The molecule has 0 rings (SSSR count). The number of unbranched alkanes of at least 4 members (excludes halogenated alkanes) is 55. The molecule has 0 aliphatic rings. The third kappa shape index (κ3) is 63.8. The van der Waals surface area contributed by atoms with Gasteiger partial charge in [0.2, 0.25) is 5.91 Å². The van der Waals surface area contributed by atoms with E-state index < -0.39 is 12.1 Å². The van der Waals surface area contributed by atoms with Crippen molar-refractivity contribution in [3.05, 3.63) is 12.2 Å². The zero-order valence-electron chi connectivity index (χ0n) is 53.2. The van der Waals surface area contributed by atoms with Gasteiger partial charge in [-0.15, -0.1) is 0 Å². The van der Waals surface area contributed by atoms with Crippen LogP contribution in [-0.2, 0) is 14.3 Å². The lowest BCUT2D eigenvalue weighted by Gasteiger charge is -2.22. The number of aliphatic hydroxyl groups excluding tert-OH is 2. The SMILES string of the molecule is CCCCCCCCCCCCCCCCCCC(=O)OCCCCCCCCCCCCCCCC/C=C\CCCCCCCCCCCCCCCCCCCC(=O)NC(CO)C(O)CCCCCCCCCCCC. The number of carbonyl (C=O) groups excluding carboxylic acids is 2. The Labute approximate surface area is 489 Å². The zero-order chi connectivity index (χ0) is 56.4. The van der Waals surface area contributed by atoms with E-state index in [2.05, 4.69) is 31.3 Å². The number of ether oxygens (including phenoxy) is 1. The monoisotopic (exact) mass is 1100 g/mol. The summed E-state index contributed by atoms with van der Waals surface area (Å²) >= 11 is 0. The van der Waals surface area contributed by atoms with Gasteiger partial charge in [0.15, 0.2) is 0 Å². The Kier molecular flexibility index (Phi) is 66.9. The molecule has 0 aromatic carbocycles. The number of allylic oxidation sites excluding steroid dienone is 2. The van der Waals surface area contributed by atoms with E-state index in [-0.39, 0.29) is 18.5 Å². The van der Waals surface area contributed by atoms with Crippen LogP contribution in [0.1, 0.15) is 412 Å². The van der Waals surface area contributed by atoms with Crippen LogP contribution in [0.5, 0.6) is 0 Å². The number of hydrogen-bond donors (Lipinski definition) is 3. The molecule has 0 saturated carbocycles. The molecule has 3 N–H and O–H groups in total. The largest absolute Gasteiger partial charge is 0.466 e. The highest BCUT2D eigenvalue weighted by Crippen LogP contribution is 2.19.